The lowest BCUT2D eigenvalue weighted by atomic mass is 9.91. The first-order chi connectivity index (χ1) is 10.9. The second kappa shape index (κ2) is 7.93. The van der Waals surface area contributed by atoms with Crippen LogP contribution in [0.25, 0.3) is 0 Å². The van der Waals surface area contributed by atoms with Gasteiger partial charge < -0.3 is 15.3 Å². The molecule has 2 heterocycles. The van der Waals surface area contributed by atoms with E-state index in [1.54, 1.807) is 0 Å². The molecule has 1 aliphatic rings. The Kier molecular flexibility index (Phi) is 6.18. The van der Waals surface area contributed by atoms with Crippen LogP contribution in [0.4, 0.5) is 0 Å². The van der Waals surface area contributed by atoms with Crippen molar-refractivity contribution in [1.82, 2.24) is 20.0 Å². The molecule has 0 aliphatic carbocycles. The topological polar surface area (TPSA) is 70.4 Å². The summed E-state index contributed by atoms with van der Waals surface area (Å²) in [6.07, 6.45) is 1.05. The normalized spacial score (nSPS) is 22.0. The lowest BCUT2D eigenvalue weighted by molar-refractivity contribution is -0.124. The fourth-order valence-electron chi connectivity index (χ4n) is 3.52. The Labute approximate surface area is 138 Å². The van der Waals surface area contributed by atoms with Crippen LogP contribution >= 0.6 is 0 Å². The number of hydrogen-bond donors (Lipinski definition) is 2. The summed E-state index contributed by atoms with van der Waals surface area (Å²) in [6.45, 7) is 11.9. The Morgan fingerprint density at radius 1 is 1.39 bits per heavy atom. The number of aromatic nitrogens is 2. The fourth-order valence-corrected chi connectivity index (χ4v) is 3.52. The van der Waals surface area contributed by atoms with E-state index >= 15 is 0 Å². The zero-order valence-electron chi connectivity index (χ0n) is 14.7. The number of nitrogens with one attached hydrogen (secondary N) is 1. The van der Waals surface area contributed by atoms with Crippen LogP contribution in [-0.4, -0.2) is 58.0 Å². The van der Waals surface area contributed by atoms with Crippen LogP contribution in [0.3, 0.4) is 0 Å². The van der Waals surface area contributed by atoms with Crippen LogP contribution in [0.1, 0.15) is 31.7 Å². The molecule has 1 saturated heterocycles. The van der Waals surface area contributed by atoms with Crippen LogP contribution in [-0.2, 0) is 11.3 Å². The van der Waals surface area contributed by atoms with Crippen LogP contribution in [0.5, 0.6) is 0 Å². The molecule has 1 aromatic heterocycles. The van der Waals surface area contributed by atoms with Crippen molar-refractivity contribution in [3.8, 4) is 0 Å². The van der Waals surface area contributed by atoms with Gasteiger partial charge >= 0.3 is 0 Å². The zero-order chi connectivity index (χ0) is 17.0. The molecule has 0 radical (unpaired) electrons. The molecule has 6 heteroatoms. The maximum absolute atomic E-state index is 11.5. The van der Waals surface area contributed by atoms with Crippen molar-refractivity contribution in [3.63, 3.8) is 0 Å². The van der Waals surface area contributed by atoms with Crippen LogP contribution in [0.15, 0.2) is 6.07 Å². The summed E-state index contributed by atoms with van der Waals surface area (Å²) in [6, 6.07) is 2.24. The van der Waals surface area contributed by atoms with Gasteiger partial charge in [-0.2, -0.15) is 5.10 Å². The number of nitrogens with zero attached hydrogens (tertiary/aromatic N) is 3. The van der Waals surface area contributed by atoms with Crippen molar-refractivity contribution in [2.24, 2.45) is 11.8 Å². The van der Waals surface area contributed by atoms with Gasteiger partial charge in [0.15, 0.2) is 0 Å². The Morgan fingerprint density at radius 2 is 2.13 bits per heavy atom. The molecule has 130 valence electrons. The molecule has 6 nitrogen and oxygen atoms in total. The molecule has 0 spiro atoms. The third kappa shape index (κ3) is 4.78. The summed E-state index contributed by atoms with van der Waals surface area (Å²) in [7, 11) is 0. The molecule has 2 N–H and O–H groups in total. The van der Waals surface area contributed by atoms with Crippen molar-refractivity contribution in [2.75, 3.05) is 26.2 Å². The second-order valence-corrected chi connectivity index (χ2v) is 7.00. The first kappa shape index (κ1) is 17.9. The van der Waals surface area contributed by atoms with Crippen molar-refractivity contribution >= 4 is 5.91 Å². The van der Waals surface area contributed by atoms with Gasteiger partial charge in [-0.15, -0.1) is 0 Å². The number of carbonyl (C=O) groups is 1. The number of likely N-dealkylation sites (tertiary alicyclic amines) is 1. The number of carbonyl (C=O) groups excluding carboxylic acids is 1. The summed E-state index contributed by atoms with van der Waals surface area (Å²) in [5.74, 6) is 0.685. The molecule has 0 unspecified atom stereocenters. The van der Waals surface area contributed by atoms with E-state index < -0.39 is 6.61 Å². The van der Waals surface area contributed by atoms with Crippen LogP contribution in [0.2, 0.25) is 0 Å². The van der Waals surface area contributed by atoms with Gasteiger partial charge in [0.2, 0.25) is 5.91 Å². The van der Waals surface area contributed by atoms with Gasteiger partial charge in [0.1, 0.15) is 6.61 Å². The predicted molar refractivity (Wildman–Crippen MR) is 90.1 cm³/mol. The number of hydrogen-bond acceptors (Lipinski definition) is 4. The molecule has 0 saturated carbocycles. The number of aliphatic hydroxyl groups is 1. The minimum absolute atomic E-state index is 0.142. The third-order valence-corrected chi connectivity index (χ3v) is 4.73. The molecule has 0 aromatic carbocycles. The van der Waals surface area contributed by atoms with Crippen LogP contribution < -0.4 is 5.32 Å². The van der Waals surface area contributed by atoms with Crippen molar-refractivity contribution in [3.05, 3.63) is 17.5 Å². The Bertz CT molecular complexity index is 527. The first-order valence-electron chi connectivity index (χ1n) is 8.54. The molecule has 1 amide bonds. The minimum Gasteiger partial charge on any atom is -0.387 e. The van der Waals surface area contributed by atoms with Gasteiger partial charge in [-0.1, -0.05) is 13.8 Å². The highest BCUT2D eigenvalue weighted by molar-refractivity contribution is 5.77. The van der Waals surface area contributed by atoms with Gasteiger partial charge in [-0.25, -0.2) is 0 Å². The lowest BCUT2D eigenvalue weighted by Crippen LogP contribution is -2.43. The standard InChI is InChI=1S/C17H30N4O2/c1-12(2)15-9-20(10-16(15)18-17(23)11-22)6-5-7-21-14(4)8-13(3)19-21/h8,12,15-16,22H,5-7,9-11H2,1-4H3,(H,18,23)/t15-,16+/m1/s1. The third-order valence-electron chi connectivity index (χ3n) is 4.73. The summed E-state index contributed by atoms with van der Waals surface area (Å²) < 4.78 is 2.07. The molecule has 2 atom stereocenters. The molecule has 1 aliphatic heterocycles. The SMILES string of the molecule is Cc1cc(C)n(CCCN2C[C@H](NC(=O)CO)[C@@H](C(C)C)C2)n1. The van der Waals surface area contributed by atoms with E-state index in [1.807, 2.05) is 6.92 Å². The van der Waals surface area contributed by atoms with Gasteiger partial charge in [0.25, 0.3) is 0 Å². The first-order valence-corrected chi connectivity index (χ1v) is 8.54. The van der Waals surface area contributed by atoms with Crippen molar-refractivity contribution in [2.45, 2.75) is 46.7 Å². The van der Waals surface area contributed by atoms with Crippen molar-refractivity contribution < 1.29 is 9.90 Å². The largest absolute Gasteiger partial charge is 0.387 e. The van der Waals surface area contributed by atoms with E-state index in [-0.39, 0.29) is 11.9 Å². The molecular weight excluding hydrogens is 292 g/mol. The van der Waals surface area contributed by atoms with E-state index in [9.17, 15) is 4.79 Å². The molecule has 1 fully saturated rings. The van der Waals surface area contributed by atoms with Gasteiger partial charge in [0, 0.05) is 31.4 Å². The highest BCUT2D eigenvalue weighted by Crippen LogP contribution is 2.24. The Balaban J connectivity index is 1.84. The highest BCUT2D eigenvalue weighted by atomic mass is 16.3. The van der Waals surface area contributed by atoms with Crippen molar-refractivity contribution in [1.29, 1.82) is 0 Å². The second-order valence-electron chi connectivity index (χ2n) is 7.00. The molecule has 0 bridgehead atoms. The van der Waals surface area contributed by atoms with Gasteiger partial charge in [-0.05, 0) is 44.7 Å². The minimum atomic E-state index is -0.431. The molecule has 23 heavy (non-hydrogen) atoms. The maximum atomic E-state index is 11.5. The van der Waals surface area contributed by atoms with E-state index in [2.05, 4.69) is 46.8 Å². The summed E-state index contributed by atoms with van der Waals surface area (Å²) in [4.78, 5) is 13.9. The average Bonchev–Trinajstić information content (AvgIpc) is 3.02. The molecule has 2 rings (SSSR count). The molecule has 1 aromatic rings. The zero-order valence-corrected chi connectivity index (χ0v) is 14.7. The monoisotopic (exact) mass is 322 g/mol. The molecular formula is C17H30N4O2. The number of aryl methyl sites for hydroxylation is 3. The van der Waals surface area contributed by atoms with E-state index in [4.69, 9.17) is 5.11 Å². The lowest BCUT2D eigenvalue weighted by Gasteiger charge is -2.22. The summed E-state index contributed by atoms with van der Waals surface area (Å²) in [5.41, 5.74) is 2.27. The highest BCUT2D eigenvalue weighted by Gasteiger charge is 2.35. The number of amides is 1. The fraction of sp³-hybridized carbons (Fsp3) is 0.765. The maximum Gasteiger partial charge on any atom is 0.245 e. The van der Waals surface area contributed by atoms with Gasteiger partial charge in [-0.3, -0.25) is 9.48 Å². The summed E-state index contributed by atoms with van der Waals surface area (Å²) in [5, 5.41) is 16.4. The number of aliphatic hydroxyl groups excluding tert-OH is 1. The van der Waals surface area contributed by atoms with E-state index in [1.165, 1.54) is 5.69 Å². The number of rotatable bonds is 7. The average molecular weight is 322 g/mol. The van der Waals surface area contributed by atoms with Crippen LogP contribution in [0, 0.1) is 25.7 Å². The predicted octanol–water partition coefficient (Wildman–Crippen LogP) is 0.955. The Hall–Kier alpha value is -1.40. The summed E-state index contributed by atoms with van der Waals surface area (Å²) >= 11 is 0. The van der Waals surface area contributed by atoms with Gasteiger partial charge in [0.05, 0.1) is 5.69 Å². The van der Waals surface area contributed by atoms with E-state index in [0.29, 0.717) is 11.8 Å². The van der Waals surface area contributed by atoms with E-state index in [0.717, 1.165) is 38.3 Å². The smallest absolute Gasteiger partial charge is 0.245 e. The Morgan fingerprint density at radius 3 is 2.70 bits per heavy atom. The quantitative estimate of drug-likeness (QED) is 0.784.